The van der Waals surface area contributed by atoms with Crippen molar-refractivity contribution in [2.24, 2.45) is 0 Å². The number of hydrogen-bond donors (Lipinski definition) is 3. The Morgan fingerprint density at radius 3 is 2.46 bits per heavy atom. The van der Waals surface area contributed by atoms with E-state index in [1.807, 2.05) is 0 Å². The Morgan fingerprint density at radius 2 is 1.73 bits per heavy atom. The van der Waals surface area contributed by atoms with E-state index < -0.39 is 17.8 Å². The highest BCUT2D eigenvalue weighted by Crippen LogP contribution is 2.14. The summed E-state index contributed by atoms with van der Waals surface area (Å²) in [6.07, 6.45) is 3.06. The summed E-state index contributed by atoms with van der Waals surface area (Å²) in [7, 11) is 0. The average Bonchev–Trinajstić information content (AvgIpc) is 3.14. The average molecular weight is 353 g/mol. The van der Waals surface area contributed by atoms with Crippen LogP contribution < -0.4 is 16.0 Å². The molecule has 3 amide bonds. The fourth-order valence-corrected chi connectivity index (χ4v) is 2.26. The number of carbonyl (C=O) groups is 2. The Kier molecular flexibility index (Phi) is 5.28. The molecule has 132 valence electrons. The second kappa shape index (κ2) is 7.98. The van der Waals surface area contributed by atoms with Gasteiger partial charge in [0, 0.05) is 29.0 Å². The van der Waals surface area contributed by atoms with E-state index in [1.165, 1.54) is 36.8 Å². The van der Waals surface area contributed by atoms with Crippen molar-refractivity contribution in [3.8, 4) is 0 Å². The minimum Gasteiger partial charge on any atom is -0.472 e. The quantitative estimate of drug-likeness (QED) is 0.648. The van der Waals surface area contributed by atoms with Crippen LogP contribution in [0.1, 0.15) is 15.9 Å². The van der Waals surface area contributed by atoms with Crippen LogP contribution in [0.2, 0.25) is 0 Å². The zero-order valence-corrected chi connectivity index (χ0v) is 13.7. The maximum absolute atomic E-state index is 13.2. The number of benzene rings is 2. The van der Waals surface area contributed by atoms with Gasteiger partial charge in [-0.3, -0.25) is 4.79 Å². The minimum atomic E-state index is -0.437. The molecule has 0 bridgehead atoms. The van der Waals surface area contributed by atoms with Crippen LogP contribution in [0.15, 0.2) is 71.5 Å². The molecule has 0 saturated carbocycles. The van der Waals surface area contributed by atoms with Gasteiger partial charge in [-0.05, 0) is 42.5 Å². The topological polar surface area (TPSA) is 83.4 Å². The van der Waals surface area contributed by atoms with Crippen LogP contribution in [0.25, 0.3) is 0 Å². The molecule has 1 heterocycles. The highest BCUT2D eigenvalue weighted by atomic mass is 19.1. The molecule has 26 heavy (non-hydrogen) atoms. The third-order valence-corrected chi connectivity index (χ3v) is 3.50. The van der Waals surface area contributed by atoms with Crippen molar-refractivity contribution in [3.05, 3.63) is 84.1 Å². The summed E-state index contributed by atoms with van der Waals surface area (Å²) in [5.41, 5.74) is 1.98. The van der Waals surface area contributed by atoms with Gasteiger partial charge in [0.1, 0.15) is 5.82 Å². The van der Waals surface area contributed by atoms with Crippen LogP contribution in [0.4, 0.5) is 20.6 Å². The molecule has 3 aromatic rings. The molecular formula is C19H16FN3O3. The van der Waals surface area contributed by atoms with Gasteiger partial charge in [-0.2, -0.15) is 0 Å². The Balaban J connectivity index is 1.60. The highest BCUT2D eigenvalue weighted by Gasteiger charge is 2.09. The molecule has 0 unspecified atom stereocenters. The largest absolute Gasteiger partial charge is 0.472 e. The van der Waals surface area contributed by atoms with Gasteiger partial charge in [-0.15, -0.1) is 0 Å². The first-order valence-electron chi connectivity index (χ1n) is 7.83. The number of amides is 3. The summed E-state index contributed by atoms with van der Waals surface area (Å²) in [4.78, 5) is 24.2. The van der Waals surface area contributed by atoms with E-state index in [0.29, 0.717) is 23.5 Å². The highest BCUT2D eigenvalue weighted by molar-refractivity contribution is 6.05. The van der Waals surface area contributed by atoms with E-state index in [1.54, 1.807) is 30.3 Å². The summed E-state index contributed by atoms with van der Waals surface area (Å²) >= 11 is 0. The van der Waals surface area contributed by atoms with Crippen LogP contribution in [-0.4, -0.2) is 11.9 Å². The van der Waals surface area contributed by atoms with Gasteiger partial charge >= 0.3 is 6.03 Å². The number of nitrogens with one attached hydrogen (secondary N) is 3. The Morgan fingerprint density at radius 1 is 0.962 bits per heavy atom. The lowest BCUT2D eigenvalue weighted by Crippen LogP contribution is -2.28. The zero-order chi connectivity index (χ0) is 18.4. The number of urea groups is 1. The van der Waals surface area contributed by atoms with Gasteiger partial charge < -0.3 is 20.4 Å². The molecule has 1 aromatic heterocycles. The number of carbonyl (C=O) groups excluding carboxylic acids is 2. The van der Waals surface area contributed by atoms with E-state index in [-0.39, 0.29) is 0 Å². The standard InChI is InChI=1S/C19H16FN3O3/c20-15-4-2-6-17(10-15)22-18(24)14-3-1-5-16(9-14)23-19(25)21-11-13-7-8-26-12-13/h1-10,12H,11H2,(H,22,24)(H2,21,23,25). The maximum Gasteiger partial charge on any atom is 0.319 e. The fourth-order valence-electron chi connectivity index (χ4n) is 2.26. The zero-order valence-electron chi connectivity index (χ0n) is 13.7. The lowest BCUT2D eigenvalue weighted by atomic mass is 10.2. The van der Waals surface area contributed by atoms with Gasteiger partial charge in [0.15, 0.2) is 0 Å². The Bertz CT molecular complexity index is 910. The number of hydrogen-bond acceptors (Lipinski definition) is 3. The second-order valence-electron chi connectivity index (χ2n) is 5.48. The smallest absolute Gasteiger partial charge is 0.319 e. The molecule has 2 aromatic carbocycles. The third-order valence-electron chi connectivity index (χ3n) is 3.50. The first kappa shape index (κ1) is 17.2. The molecule has 0 radical (unpaired) electrons. The summed E-state index contributed by atoms with van der Waals surface area (Å²) < 4.78 is 18.1. The van der Waals surface area contributed by atoms with Crippen LogP contribution in [-0.2, 0) is 6.54 Å². The van der Waals surface area contributed by atoms with Crippen LogP contribution in [0.5, 0.6) is 0 Å². The van der Waals surface area contributed by atoms with Crippen molar-refractivity contribution in [1.29, 1.82) is 0 Å². The van der Waals surface area contributed by atoms with Crippen molar-refractivity contribution in [2.45, 2.75) is 6.54 Å². The molecule has 0 aliphatic heterocycles. The minimum absolute atomic E-state index is 0.322. The molecule has 0 aliphatic carbocycles. The second-order valence-corrected chi connectivity index (χ2v) is 5.48. The molecular weight excluding hydrogens is 337 g/mol. The first-order valence-corrected chi connectivity index (χ1v) is 7.83. The Labute approximate surface area is 149 Å². The summed E-state index contributed by atoms with van der Waals surface area (Å²) in [5, 5.41) is 7.93. The monoisotopic (exact) mass is 353 g/mol. The van der Waals surface area contributed by atoms with Crippen molar-refractivity contribution in [1.82, 2.24) is 5.32 Å². The third kappa shape index (κ3) is 4.70. The van der Waals surface area contributed by atoms with Crippen molar-refractivity contribution in [2.75, 3.05) is 10.6 Å². The molecule has 0 aliphatic rings. The number of furan rings is 1. The predicted octanol–water partition coefficient (Wildman–Crippen LogP) is 3.99. The van der Waals surface area contributed by atoms with E-state index in [2.05, 4.69) is 16.0 Å². The molecule has 0 spiro atoms. The molecule has 0 fully saturated rings. The summed E-state index contributed by atoms with van der Waals surface area (Å²) in [6, 6.07) is 13.4. The van der Waals surface area contributed by atoms with Crippen LogP contribution in [0.3, 0.4) is 0 Å². The van der Waals surface area contributed by atoms with E-state index in [0.717, 1.165) is 5.56 Å². The molecule has 0 saturated heterocycles. The van der Waals surface area contributed by atoms with E-state index >= 15 is 0 Å². The van der Waals surface area contributed by atoms with E-state index in [4.69, 9.17) is 4.42 Å². The Hall–Kier alpha value is -3.61. The molecule has 0 atom stereocenters. The molecule has 6 nitrogen and oxygen atoms in total. The predicted molar refractivity (Wildman–Crippen MR) is 95.4 cm³/mol. The van der Waals surface area contributed by atoms with Gasteiger partial charge in [-0.1, -0.05) is 12.1 Å². The van der Waals surface area contributed by atoms with Gasteiger partial charge in [0.25, 0.3) is 5.91 Å². The summed E-state index contributed by atoms with van der Waals surface area (Å²) in [6.45, 7) is 0.322. The van der Waals surface area contributed by atoms with Crippen LogP contribution >= 0.6 is 0 Å². The van der Waals surface area contributed by atoms with Gasteiger partial charge in [0.2, 0.25) is 0 Å². The number of rotatable bonds is 5. The van der Waals surface area contributed by atoms with Gasteiger partial charge in [0.05, 0.1) is 12.5 Å². The number of halogens is 1. The number of anilines is 2. The molecule has 7 heteroatoms. The normalized spacial score (nSPS) is 10.2. The van der Waals surface area contributed by atoms with E-state index in [9.17, 15) is 14.0 Å². The van der Waals surface area contributed by atoms with Crippen molar-refractivity contribution in [3.63, 3.8) is 0 Å². The lowest BCUT2D eigenvalue weighted by molar-refractivity contribution is 0.102. The lowest BCUT2D eigenvalue weighted by Gasteiger charge is -2.09. The maximum atomic E-state index is 13.2. The fraction of sp³-hybridized carbons (Fsp3) is 0.0526. The molecule has 3 N–H and O–H groups in total. The first-order chi connectivity index (χ1) is 12.6. The van der Waals surface area contributed by atoms with Crippen molar-refractivity contribution >= 4 is 23.3 Å². The van der Waals surface area contributed by atoms with Gasteiger partial charge in [-0.25, -0.2) is 9.18 Å². The summed E-state index contributed by atoms with van der Waals surface area (Å²) in [5.74, 6) is -0.842. The van der Waals surface area contributed by atoms with Crippen molar-refractivity contribution < 1.29 is 18.4 Å². The van der Waals surface area contributed by atoms with Crippen LogP contribution in [0, 0.1) is 5.82 Å². The molecule has 3 rings (SSSR count). The SMILES string of the molecule is O=C(NCc1ccoc1)Nc1cccc(C(=O)Nc2cccc(F)c2)c1.